The third-order valence-electron chi connectivity index (χ3n) is 7.45. The number of hydrogen-bond donors (Lipinski definition) is 0. The average Bonchev–Trinajstić information content (AvgIpc) is 3.52. The highest BCUT2D eigenvalue weighted by molar-refractivity contribution is 6.23. The Kier molecular flexibility index (Phi) is 3.31. The van der Waals surface area contributed by atoms with Gasteiger partial charge in [0.1, 0.15) is 5.82 Å². The van der Waals surface area contributed by atoms with Gasteiger partial charge in [0.05, 0.1) is 20.6 Å². The van der Waals surface area contributed by atoms with E-state index in [1.54, 1.807) is 10.6 Å². The number of aromatic nitrogens is 2. The van der Waals surface area contributed by atoms with Crippen molar-refractivity contribution < 1.29 is 13.7 Å². The summed E-state index contributed by atoms with van der Waals surface area (Å²) in [6.45, 7) is -2.48. The van der Waals surface area contributed by atoms with E-state index in [0.29, 0.717) is 33.1 Å². The maximum atomic E-state index is 9.14. The van der Waals surface area contributed by atoms with Gasteiger partial charge in [-0.2, -0.15) is 0 Å². The molecule has 0 aliphatic rings. The first-order chi connectivity index (χ1) is 23.9. The van der Waals surface area contributed by atoms with E-state index in [4.69, 9.17) is 13.7 Å². The molecule has 0 saturated heterocycles. The van der Waals surface area contributed by atoms with Gasteiger partial charge >= 0.3 is 0 Å². The molecule has 40 heavy (non-hydrogen) atoms. The van der Waals surface area contributed by atoms with E-state index in [-0.39, 0.29) is 34.2 Å². The second kappa shape index (κ2) is 8.93. The molecule has 0 spiro atoms. The van der Waals surface area contributed by atoms with Crippen LogP contribution in [0.1, 0.15) is 19.5 Å². The van der Waals surface area contributed by atoms with E-state index >= 15 is 0 Å². The highest BCUT2D eigenvalue weighted by Gasteiger charge is 2.18. The van der Waals surface area contributed by atoms with Crippen molar-refractivity contribution in [2.45, 2.75) is 6.85 Å². The number of benzene rings is 7. The van der Waals surface area contributed by atoms with Crippen molar-refractivity contribution in [2.24, 2.45) is 0 Å². The van der Waals surface area contributed by atoms with Gasteiger partial charge in [-0.15, -0.1) is 0 Å². The van der Waals surface area contributed by atoms with Gasteiger partial charge in [-0.05, 0) is 85.7 Å². The summed E-state index contributed by atoms with van der Waals surface area (Å²) in [7, 11) is 0. The van der Waals surface area contributed by atoms with Crippen LogP contribution in [0, 0.1) is 6.85 Å². The summed E-state index contributed by atoms with van der Waals surface area (Å²) >= 11 is 0. The number of nitrogens with zero attached hydrogens (tertiary/aromatic N) is 2. The van der Waals surface area contributed by atoms with Gasteiger partial charge in [0.15, 0.2) is 0 Å². The molecule has 2 heteroatoms. The zero-order valence-corrected chi connectivity index (χ0v) is 21.1. The first-order valence-corrected chi connectivity index (χ1v) is 12.9. The summed E-state index contributed by atoms with van der Waals surface area (Å²) in [4.78, 5) is 4.48. The molecule has 1 heterocycles. The molecule has 0 N–H and O–H groups in total. The van der Waals surface area contributed by atoms with Crippen LogP contribution >= 0.6 is 0 Å². The van der Waals surface area contributed by atoms with Crippen LogP contribution in [0.5, 0.6) is 0 Å². The van der Waals surface area contributed by atoms with Crippen LogP contribution in [-0.4, -0.2) is 9.55 Å². The smallest absolute Gasteiger partial charge is 0.111 e. The van der Waals surface area contributed by atoms with Crippen LogP contribution in [0.25, 0.3) is 71.3 Å². The molecule has 1 aromatic heterocycles. The largest absolute Gasteiger partial charge is 0.297 e. The van der Waals surface area contributed by atoms with E-state index in [1.165, 1.54) is 0 Å². The predicted octanol–water partition coefficient (Wildman–Crippen LogP) is 10.1. The molecule has 7 aromatic carbocycles. The predicted molar refractivity (Wildman–Crippen MR) is 169 cm³/mol. The fourth-order valence-corrected chi connectivity index (χ4v) is 5.80. The van der Waals surface area contributed by atoms with Crippen LogP contribution in [0.3, 0.4) is 0 Å². The quantitative estimate of drug-likeness (QED) is 0.212. The fraction of sp³-hybridized carbons (Fsp3) is 0.0263. The Balaban J connectivity index is 1.50. The number of imidazole rings is 1. The zero-order chi connectivity index (χ0) is 35.2. The molecule has 0 bridgehead atoms. The highest BCUT2D eigenvalue weighted by Crippen LogP contribution is 2.45. The first-order valence-electron chi connectivity index (χ1n) is 17.9. The number of rotatable bonds is 3. The van der Waals surface area contributed by atoms with Crippen molar-refractivity contribution in [2.75, 3.05) is 0 Å². The maximum absolute atomic E-state index is 9.14. The summed E-state index contributed by atoms with van der Waals surface area (Å²) in [5.41, 5.74) is 4.14. The van der Waals surface area contributed by atoms with Gasteiger partial charge in [-0.1, -0.05) is 115 Å². The molecule has 0 amide bonds. The zero-order valence-electron chi connectivity index (χ0n) is 31.1. The molecular weight excluding hydrogens is 484 g/mol. The number of para-hydroxylation sites is 2. The van der Waals surface area contributed by atoms with E-state index in [2.05, 4.69) is 4.98 Å². The molecule has 0 saturated carbocycles. The molecule has 8 aromatic rings. The molecule has 0 aliphatic carbocycles. The summed E-state index contributed by atoms with van der Waals surface area (Å²) in [5.74, 6) is -0.0515. The Bertz CT molecular complexity index is 2660. The summed E-state index contributed by atoms with van der Waals surface area (Å²) in [6, 6.07) is 27.0. The maximum Gasteiger partial charge on any atom is 0.111 e. The Morgan fingerprint density at radius 2 is 1.30 bits per heavy atom. The molecule has 2 nitrogen and oxygen atoms in total. The lowest BCUT2D eigenvalue weighted by Gasteiger charge is -2.19. The SMILES string of the molecule is [2H]c1c([2H])c([2H])c2c(-c3c4ccccc4c(-c4cccc(-n5c(C([2H])([2H])[2H])nc6ccccc65)c4)c4ccccc34)c([2H])c([2H])c([2H])c2c1[2H]. The fourth-order valence-electron chi connectivity index (χ4n) is 5.80. The van der Waals surface area contributed by atoms with Crippen LogP contribution in [0.4, 0.5) is 0 Å². The topological polar surface area (TPSA) is 17.8 Å². The van der Waals surface area contributed by atoms with E-state index in [1.807, 2.05) is 91.0 Å². The monoisotopic (exact) mass is 520 g/mol. The Labute approximate surface area is 246 Å². The lowest BCUT2D eigenvalue weighted by Crippen LogP contribution is -1.97. The average molecular weight is 521 g/mol. The van der Waals surface area contributed by atoms with Gasteiger partial charge in [-0.25, -0.2) is 4.98 Å². The number of aryl methyl sites for hydroxylation is 1. The molecule has 0 atom stereocenters. The molecule has 8 rings (SSSR count). The second-order valence-electron chi connectivity index (χ2n) is 9.65. The molecule has 188 valence electrons. The van der Waals surface area contributed by atoms with Crippen molar-refractivity contribution in [3.63, 3.8) is 0 Å². The lowest BCUT2D eigenvalue weighted by molar-refractivity contribution is 1.00. The van der Waals surface area contributed by atoms with Gasteiger partial charge < -0.3 is 0 Å². The van der Waals surface area contributed by atoms with Crippen molar-refractivity contribution in [3.8, 4) is 27.9 Å². The number of fused-ring (bicyclic) bond motifs is 4. The molecule has 0 radical (unpaired) electrons. The third-order valence-corrected chi connectivity index (χ3v) is 7.45. The first kappa shape index (κ1) is 14.8. The molecule has 0 unspecified atom stereocenters. The Hall–Kier alpha value is -5.21. The Morgan fingerprint density at radius 1 is 0.625 bits per heavy atom. The minimum Gasteiger partial charge on any atom is -0.297 e. The lowest BCUT2D eigenvalue weighted by atomic mass is 9.84. The normalized spacial score (nSPS) is 15.5. The van der Waals surface area contributed by atoms with Crippen LogP contribution in [0.2, 0.25) is 0 Å². The summed E-state index contributed by atoms with van der Waals surface area (Å²) in [6.07, 6.45) is 0. The van der Waals surface area contributed by atoms with Crippen LogP contribution in [0.15, 0.2) is 139 Å². The van der Waals surface area contributed by atoms with Crippen molar-refractivity contribution in [1.82, 2.24) is 9.55 Å². The van der Waals surface area contributed by atoms with Crippen molar-refractivity contribution in [1.29, 1.82) is 0 Å². The highest BCUT2D eigenvalue weighted by atomic mass is 15.1. The minimum absolute atomic E-state index is 0.0243. The number of hydrogen-bond acceptors (Lipinski definition) is 1. The third kappa shape index (κ3) is 3.40. The Morgan fingerprint density at radius 3 is 2.08 bits per heavy atom. The van der Waals surface area contributed by atoms with Gasteiger partial charge in [0, 0.05) is 9.80 Å². The summed E-state index contributed by atoms with van der Waals surface area (Å²) in [5, 5.41) is 2.84. The van der Waals surface area contributed by atoms with E-state index in [0.717, 1.165) is 21.9 Å². The minimum atomic E-state index is -2.48. The van der Waals surface area contributed by atoms with Crippen LogP contribution in [-0.2, 0) is 0 Å². The summed E-state index contributed by atoms with van der Waals surface area (Å²) < 4.78 is 87.3. The standard InChI is InChI=1S/C38H26N2/c1-25-39-35-22-8-9-23-36(35)40(25)28-15-10-14-27(24-28)37-31-17-4-6-19-33(31)38(34-20-7-5-18-32(34)37)30-21-11-13-26-12-2-3-16-29(26)30/h2-24H,1H3/i1D3,2D,3D,11D,12D,13D,16D,21D. The van der Waals surface area contributed by atoms with Gasteiger partial charge in [0.2, 0.25) is 0 Å². The van der Waals surface area contributed by atoms with Crippen LogP contribution < -0.4 is 0 Å². The molecule has 0 fully saturated rings. The molecular formula is C38H26N2. The second-order valence-corrected chi connectivity index (χ2v) is 9.65. The van der Waals surface area contributed by atoms with Crippen molar-refractivity contribution >= 4 is 43.4 Å². The van der Waals surface area contributed by atoms with Gasteiger partial charge in [-0.3, -0.25) is 4.57 Å². The molecule has 0 aliphatic heterocycles. The van der Waals surface area contributed by atoms with E-state index < -0.39 is 37.1 Å². The van der Waals surface area contributed by atoms with E-state index in [9.17, 15) is 0 Å². The van der Waals surface area contributed by atoms with Crippen molar-refractivity contribution in [3.05, 3.63) is 145 Å². The van der Waals surface area contributed by atoms with Gasteiger partial charge in [0.25, 0.3) is 0 Å².